The maximum absolute atomic E-state index is 12.9. The number of nitrogens with one attached hydrogen (secondary N) is 1. The van der Waals surface area contributed by atoms with Gasteiger partial charge in [-0.05, 0) is 45.1 Å². The van der Waals surface area contributed by atoms with Crippen LogP contribution in [0, 0.1) is 0 Å². The van der Waals surface area contributed by atoms with Gasteiger partial charge in [-0.25, -0.2) is 9.20 Å². The molecule has 1 atom stereocenters. The van der Waals surface area contributed by atoms with E-state index >= 15 is 0 Å². The number of aromatic nitrogens is 4. The summed E-state index contributed by atoms with van der Waals surface area (Å²) in [6.45, 7) is 5.74. The molecular formula is C19H27N5O3. The fourth-order valence-corrected chi connectivity index (χ4v) is 3.76. The number of hydrogen-bond donors (Lipinski definition) is 2. The van der Waals surface area contributed by atoms with E-state index in [1.807, 2.05) is 13.0 Å². The van der Waals surface area contributed by atoms with Crippen LogP contribution in [0.5, 0.6) is 0 Å². The fourth-order valence-electron chi connectivity index (χ4n) is 3.76. The summed E-state index contributed by atoms with van der Waals surface area (Å²) in [4.78, 5) is 25.2. The van der Waals surface area contributed by atoms with Gasteiger partial charge in [-0.3, -0.25) is 9.59 Å². The monoisotopic (exact) mass is 373 g/mol. The van der Waals surface area contributed by atoms with E-state index in [0.717, 1.165) is 25.0 Å². The molecule has 27 heavy (non-hydrogen) atoms. The summed E-state index contributed by atoms with van der Waals surface area (Å²) in [6.07, 6.45) is 4.15. The van der Waals surface area contributed by atoms with Crippen molar-refractivity contribution in [1.29, 1.82) is 0 Å². The molecule has 2 aliphatic carbocycles. The minimum atomic E-state index is -0.702. The van der Waals surface area contributed by atoms with Crippen LogP contribution in [0.1, 0.15) is 76.2 Å². The summed E-state index contributed by atoms with van der Waals surface area (Å²) in [5.74, 6) is 1.01. The molecule has 0 spiro atoms. The van der Waals surface area contributed by atoms with Crippen molar-refractivity contribution >= 4 is 11.4 Å². The van der Waals surface area contributed by atoms with Gasteiger partial charge in [0.15, 0.2) is 5.82 Å². The van der Waals surface area contributed by atoms with E-state index in [0.29, 0.717) is 30.1 Å². The van der Waals surface area contributed by atoms with Crippen molar-refractivity contribution in [3.63, 3.8) is 0 Å². The first-order valence-corrected chi connectivity index (χ1v) is 9.80. The average Bonchev–Trinajstić information content (AvgIpc) is 3.34. The average molecular weight is 373 g/mol. The van der Waals surface area contributed by atoms with Gasteiger partial charge in [0.25, 0.3) is 5.56 Å². The van der Waals surface area contributed by atoms with Gasteiger partial charge < -0.3 is 10.4 Å². The Labute approximate surface area is 157 Å². The fraction of sp³-hybridized carbons (Fsp3) is 0.684. The predicted octanol–water partition coefficient (Wildman–Crippen LogP) is 1.31. The molecule has 2 aromatic heterocycles. The zero-order chi connectivity index (χ0) is 19.3. The number of carbonyl (C=O) groups excluding carboxylic acids is 1. The molecule has 2 N–H and O–H groups in total. The zero-order valence-corrected chi connectivity index (χ0v) is 16.1. The van der Waals surface area contributed by atoms with Gasteiger partial charge in [-0.2, -0.15) is 10.2 Å². The molecule has 0 radical (unpaired) electrons. The molecule has 1 unspecified atom stereocenters. The third-order valence-electron chi connectivity index (χ3n) is 5.70. The summed E-state index contributed by atoms with van der Waals surface area (Å²) in [7, 11) is 0. The Morgan fingerprint density at radius 3 is 2.70 bits per heavy atom. The smallest absolute Gasteiger partial charge is 0.293 e. The van der Waals surface area contributed by atoms with Crippen LogP contribution < -0.4 is 10.9 Å². The van der Waals surface area contributed by atoms with Crippen LogP contribution in [0.2, 0.25) is 0 Å². The third-order valence-corrected chi connectivity index (χ3v) is 5.70. The number of fused-ring (bicyclic) bond motifs is 1. The minimum Gasteiger partial charge on any atom is -0.390 e. The van der Waals surface area contributed by atoms with E-state index < -0.39 is 5.60 Å². The van der Waals surface area contributed by atoms with Gasteiger partial charge in [0.05, 0.1) is 11.3 Å². The molecule has 0 bridgehead atoms. The van der Waals surface area contributed by atoms with Crippen molar-refractivity contribution in [3.8, 4) is 0 Å². The van der Waals surface area contributed by atoms with E-state index in [4.69, 9.17) is 0 Å². The molecule has 4 rings (SSSR count). The Bertz CT molecular complexity index is 933. The van der Waals surface area contributed by atoms with Crippen LogP contribution in [0.4, 0.5) is 0 Å². The number of nitrogens with zero attached hydrogens (tertiary/aromatic N) is 4. The second kappa shape index (κ2) is 6.44. The van der Waals surface area contributed by atoms with Crippen LogP contribution in [0.3, 0.4) is 0 Å². The van der Waals surface area contributed by atoms with E-state index in [-0.39, 0.29) is 30.0 Å². The van der Waals surface area contributed by atoms with Crippen molar-refractivity contribution in [2.75, 3.05) is 0 Å². The quantitative estimate of drug-likeness (QED) is 0.795. The lowest BCUT2D eigenvalue weighted by atomic mass is 9.77. The highest BCUT2D eigenvalue weighted by Crippen LogP contribution is 2.39. The third kappa shape index (κ3) is 3.50. The molecule has 2 fully saturated rings. The molecule has 0 saturated heterocycles. The zero-order valence-electron chi connectivity index (χ0n) is 16.1. The molecule has 0 aliphatic heterocycles. The van der Waals surface area contributed by atoms with Gasteiger partial charge in [0, 0.05) is 17.9 Å². The van der Waals surface area contributed by atoms with Crippen molar-refractivity contribution in [2.24, 2.45) is 0 Å². The van der Waals surface area contributed by atoms with Crippen LogP contribution in [0.15, 0.2) is 10.9 Å². The second-order valence-electron chi connectivity index (χ2n) is 8.44. The Morgan fingerprint density at radius 2 is 2.11 bits per heavy atom. The van der Waals surface area contributed by atoms with Crippen LogP contribution in [0.25, 0.3) is 5.52 Å². The molecule has 146 valence electrons. The van der Waals surface area contributed by atoms with Gasteiger partial charge in [0.1, 0.15) is 12.1 Å². The van der Waals surface area contributed by atoms with Crippen molar-refractivity contribution in [3.05, 3.63) is 27.9 Å². The van der Waals surface area contributed by atoms with Crippen LogP contribution in [-0.2, 0) is 11.3 Å². The van der Waals surface area contributed by atoms with E-state index in [1.165, 1.54) is 4.68 Å². The van der Waals surface area contributed by atoms with Gasteiger partial charge in [-0.15, -0.1) is 0 Å². The summed E-state index contributed by atoms with van der Waals surface area (Å²) < 4.78 is 2.92. The molecular weight excluding hydrogens is 346 g/mol. The number of carbonyl (C=O) groups is 1. The lowest BCUT2D eigenvalue weighted by Gasteiger charge is -2.41. The standard InChI is InChI=1S/C19H27N5O3/c1-4-11(2)17-22-23(10-16(25)20-13-8-19(3,27)9-13)18(26)15-7-14(12-5-6-12)21-24(15)17/h7,11-13,27H,4-6,8-10H2,1-3H3,(H,20,25)/t11?,13-,19+. The first kappa shape index (κ1) is 18.2. The topological polar surface area (TPSA) is 102 Å². The molecule has 2 aliphatic rings. The van der Waals surface area contributed by atoms with Crippen molar-refractivity contribution in [1.82, 2.24) is 24.7 Å². The maximum Gasteiger partial charge on any atom is 0.293 e. The molecule has 8 heteroatoms. The van der Waals surface area contributed by atoms with Crippen molar-refractivity contribution in [2.45, 2.75) is 82.9 Å². The number of hydrogen-bond acceptors (Lipinski definition) is 5. The molecule has 8 nitrogen and oxygen atoms in total. The number of rotatable bonds is 6. The Hall–Kier alpha value is -2.22. The number of aliphatic hydroxyl groups is 1. The Kier molecular flexibility index (Phi) is 4.33. The lowest BCUT2D eigenvalue weighted by Crippen LogP contribution is -2.54. The highest BCUT2D eigenvalue weighted by molar-refractivity contribution is 5.76. The summed E-state index contributed by atoms with van der Waals surface area (Å²) in [5.41, 5.74) is 0.433. The molecule has 1 amide bonds. The van der Waals surface area contributed by atoms with Crippen molar-refractivity contribution < 1.29 is 9.90 Å². The molecule has 2 heterocycles. The van der Waals surface area contributed by atoms with Gasteiger partial charge >= 0.3 is 0 Å². The SMILES string of the molecule is CCC(C)c1nn(CC(=O)N[C@H]2C[C@@](C)(O)C2)c(=O)c2cc(C3CC3)nn12. The first-order chi connectivity index (χ1) is 12.8. The molecule has 2 aromatic rings. The van der Waals surface area contributed by atoms with E-state index in [9.17, 15) is 14.7 Å². The van der Waals surface area contributed by atoms with E-state index in [2.05, 4.69) is 22.4 Å². The molecule has 0 aromatic carbocycles. The van der Waals surface area contributed by atoms with Crippen LogP contribution >= 0.6 is 0 Å². The second-order valence-corrected chi connectivity index (χ2v) is 8.44. The largest absolute Gasteiger partial charge is 0.390 e. The van der Waals surface area contributed by atoms with E-state index in [1.54, 1.807) is 11.4 Å². The lowest BCUT2D eigenvalue weighted by molar-refractivity contribution is -0.125. The summed E-state index contributed by atoms with van der Waals surface area (Å²) in [6, 6.07) is 1.81. The van der Waals surface area contributed by atoms with Gasteiger partial charge in [0.2, 0.25) is 5.91 Å². The predicted molar refractivity (Wildman–Crippen MR) is 99.7 cm³/mol. The highest BCUT2D eigenvalue weighted by atomic mass is 16.3. The Balaban J connectivity index is 1.62. The maximum atomic E-state index is 12.9. The first-order valence-electron chi connectivity index (χ1n) is 9.80. The molecule has 2 saturated carbocycles. The Morgan fingerprint density at radius 1 is 1.41 bits per heavy atom. The summed E-state index contributed by atoms with van der Waals surface area (Å²) >= 11 is 0. The number of amides is 1. The highest BCUT2D eigenvalue weighted by Gasteiger charge is 2.39. The minimum absolute atomic E-state index is 0.0441. The normalized spacial score (nSPS) is 26.0. The van der Waals surface area contributed by atoms with Gasteiger partial charge in [-0.1, -0.05) is 13.8 Å². The summed E-state index contributed by atoms with van der Waals surface area (Å²) in [5, 5.41) is 21.8. The van der Waals surface area contributed by atoms with Crippen LogP contribution in [-0.4, -0.2) is 42.1 Å².